The highest BCUT2D eigenvalue weighted by molar-refractivity contribution is 7.13. The van der Waals surface area contributed by atoms with Crippen molar-refractivity contribution in [3.8, 4) is 0 Å². The largest absolute Gasteiger partial charge is 0.370 e. The first-order valence-electron chi connectivity index (χ1n) is 8.73. The molecule has 1 aliphatic heterocycles. The van der Waals surface area contributed by atoms with Crippen molar-refractivity contribution in [1.29, 1.82) is 0 Å². The van der Waals surface area contributed by atoms with Gasteiger partial charge in [0, 0.05) is 48.7 Å². The van der Waals surface area contributed by atoms with Crippen LogP contribution in [0, 0.1) is 11.6 Å². The Hall–Kier alpha value is -2.22. The monoisotopic (exact) mass is 377 g/mol. The number of aromatic nitrogens is 1. The molecular weight excluding hydrogens is 356 g/mol. The van der Waals surface area contributed by atoms with Gasteiger partial charge in [-0.25, -0.2) is 13.8 Å². The third-order valence-corrected chi connectivity index (χ3v) is 6.02. The molecule has 1 aromatic heterocycles. The molecule has 0 atom stereocenters. The zero-order chi connectivity index (χ0) is 18.1. The summed E-state index contributed by atoms with van der Waals surface area (Å²) < 4.78 is 28.2. The molecule has 0 unspecified atom stereocenters. The van der Waals surface area contributed by atoms with Gasteiger partial charge in [0.15, 0.2) is 11.1 Å². The Bertz CT molecular complexity index is 776. The molecule has 138 valence electrons. The van der Waals surface area contributed by atoms with Crippen LogP contribution >= 0.6 is 11.3 Å². The van der Waals surface area contributed by atoms with Gasteiger partial charge in [-0.2, -0.15) is 0 Å². The molecule has 26 heavy (non-hydrogen) atoms. The zero-order valence-electron chi connectivity index (χ0n) is 14.4. The lowest BCUT2D eigenvalue weighted by atomic mass is 9.95. The number of thiazole rings is 1. The molecule has 1 saturated heterocycles. The maximum absolute atomic E-state index is 14.1. The highest BCUT2D eigenvalue weighted by Gasteiger charge is 2.47. The van der Waals surface area contributed by atoms with Crippen LogP contribution in [0.2, 0.25) is 0 Å². The van der Waals surface area contributed by atoms with E-state index in [1.807, 2.05) is 10.3 Å². The number of nitrogens with two attached hydrogens (primary N) is 1. The summed E-state index contributed by atoms with van der Waals surface area (Å²) in [5.74, 6) is -0.534. The number of aliphatic imine (C=N–C) groups is 1. The lowest BCUT2D eigenvalue weighted by Crippen LogP contribution is -2.51. The van der Waals surface area contributed by atoms with E-state index in [1.54, 1.807) is 17.5 Å². The minimum atomic E-state index is -0.539. The van der Waals surface area contributed by atoms with E-state index in [9.17, 15) is 8.78 Å². The molecule has 5 nitrogen and oxygen atoms in total. The lowest BCUT2D eigenvalue weighted by molar-refractivity contribution is 0.379. The number of rotatable bonds is 4. The van der Waals surface area contributed by atoms with Crippen LogP contribution in [0.3, 0.4) is 0 Å². The predicted octanol–water partition coefficient (Wildman–Crippen LogP) is 2.59. The van der Waals surface area contributed by atoms with E-state index in [0.29, 0.717) is 12.5 Å². The van der Waals surface area contributed by atoms with Gasteiger partial charge in [-0.05, 0) is 25.0 Å². The maximum atomic E-state index is 14.1. The number of halogens is 2. The summed E-state index contributed by atoms with van der Waals surface area (Å²) in [4.78, 5) is 13.1. The Balaban J connectivity index is 1.40. The number of piperazine rings is 1. The Morgan fingerprint density at radius 3 is 2.46 bits per heavy atom. The van der Waals surface area contributed by atoms with Gasteiger partial charge >= 0.3 is 0 Å². The maximum Gasteiger partial charge on any atom is 0.191 e. The smallest absolute Gasteiger partial charge is 0.191 e. The molecule has 0 bridgehead atoms. The molecule has 1 saturated carbocycles. The molecule has 2 heterocycles. The third kappa shape index (κ3) is 3.25. The van der Waals surface area contributed by atoms with Crippen LogP contribution in [0.1, 0.15) is 18.4 Å². The van der Waals surface area contributed by atoms with Gasteiger partial charge in [0.2, 0.25) is 0 Å². The third-order valence-electron chi connectivity index (χ3n) is 5.18. The SMILES string of the molecule is NC(=NCC1(c2c(F)cccc2F)CC1)N1CCN(c2nccs2)CC1. The average molecular weight is 377 g/mol. The molecule has 2 fully saturated rings. The first-order valence-corrected chi connectivity index (χ1v) is 9.61. The van der Waals surface area contributed by atoms with Crippen LogP contribution < -0.4 is 10.6 Å². The van der Waals surface area contributed by atoms with E-state index in [2.05, 4.69) is 14.9 Å². The number of hydrogen-bond donors (Lipinski definition) is 1. The molecule has 2 aromatic rings. The molecule has 4 rings (SSSR count). The molecule has 8 heteroatoms. The minimum Gasteiger partial charge on any atom is -0.370 e. The van der Waals surface area contributed by atoms with Gasteiger partial charge in [0.05, 0.1) is 6.54 Å². The molecule has 0 amide bonds. The topological polar surface area (TPSA) is 57.8 Å². The fourth-order valence-electron chi connectivity index (χ4n) is 3.47. The van der Waals surface area contributed by atoms with Gasteiger partial charge in [-0.15, -0.1) is 11.3 Å². The molecule has 2 aliphatic rings. The van der Waals surface area contributed by atoms with E-state index in [-0.39, 0.29) is 5.56 Å². The van der Waals surface area contributed by atoms with Crippen molar-refractivity contribution in [2.75, 3.05) is 37.6 Å². The second-order valence-corrected chi connectivity index (χ2v) is 7.71. The summed E-state index contributed by atoms with van der Waals surface area (Å²) in [5.41, 5.74) is 5.78. The van der Waals surface area contributed by atoms with E-state index in [4.69, 9.17) is 5.73 Å². The summed E-state index contributed by atoms with van der Waals surface area (Å²) in [5, 5.41) is 2.99. The standard InChI is InChI=1S/C18H21F2N5S/c19-13-2-1-3-14(20)15(13)18(4-5-18)12-23-16(21)24-7-9-25(10-8-24)17-22-6-11-26-17/h1-3,6,11H,4-5,7-10,12H2,(H2,21,23). The first kappa shape index (κ1) is 17.2. The number of anilines is 1. The van der Waals surface area contributed by atoms with Gasteiger partial charge in [-0.1, -0.05) is 6.07 Å². The fraction of sp³-hybridized carbons (Fsp3) is 0.444. The average Bonchev–Trinajstić information content (AvgIpc) is 3.21. The summed E-state index contributed by atoms with van der Waals surface area (Å²) in [7, 11) is 0. The molecular formula is C18H21F2N5S. The summed E-state index contributed by atoms with van der Waals surface area (Å²) in [6.07, 6.45) is 3.28. The molecule has 0 radical (unpaired) electrons. The Kier molecular flexibility index (Phi) is 4.52. The zero-order valence-corrected chi connectivity index (χ0v) is 15.2. The number of hydrogen-bond acceptors (Lipinski definition) is 4. The van der Waals surface area contributed by atoms with Crippen molar-refractivity contribution >= 4 is 22.4 Å². The molecule has 1 aliphatic carbocycles. The van der Waals surface area contributed by atoms with Gasteiger partial charge in [-0.3, -0.25) is 4.99 Å². The highest BCUT2D eigenvalue weighted by Crippen LogP contribution is 2.50. The minimum absolute atomic E-state index is 0.158. The molecule has 1 aromatic carbocycles. The summed E-state index contributed by atoms with van der Waals surface area (Å²) in [6, 6.07) is 4.01. The Morgan fingerprint density at radius 2 is 1.88 bits per heavy atom. The van der Waals surface area contributed by atoms with Crippen molar-refractivity contribution in [2.24, 2.45) is 10.7 Å². The molecule has 0 spiro atoms. The van der Waals surface area contributed by atoms with E-state index >= 15 is 0 Å². The Labute approximate surface area is 155 Å². The molecule has 2 N–H and O–H groups in total. The van der Waals surface area contributed by atoms with Crippen LogP contribution in [-0.2, 0) is 5.41 Å². The normalized spacial score (nSPS) is 19.7. The Morgan fingerprint density at radius 1 is 1.19 bits per heavy atom. The summed E-state index contributed by atoms with van der Waals surface area (Å²) >= 11 is 1.63. The van der Waals surface area contributed by atoms with Crippen molar-refractivity contribution in [3.63, 3.8) is 0 Å². The van der Waals surface area contributed by atoms with Gasteiger partial charge in [0.25, 0.3) is 0 Å². The predicted molar refractivity (Wildman–Crippen MR) is 99.7 cm³/mol. The lowest BCUT2D eigenvalue weighted by Gasteiger charge is -2.35. The number of guanidine groups is 1. The second kappa shape index (κ2) is 6.83. The van der Waals surface area contributed by atoms with Crippen LogP contribution in [0.25, 0.3) is 0 Å². The quantitative estimate of drug-likeness (QED) is 0.657. The first-order chi connectivity index (χ1) is 12.6. The number of benzene rings is 1. The van der Waals surface area contributed by atoms with Crippen molar-refractivity contribution in [3.05, 3.63) is 47.0 Å². The number of nitrogens with zero attached hydrogens (tertiary/aromatic N) is 4. The fourth-order valence-corrected chi connectivity index (χ4v) is 4.17. The van der Waals surface area contributed by atoms with Crippen molar-refractivity contribution in [1.82, 2.24) is 9.88 Å². The van der Waals surface area contributed by atoms with E-state index in [1.165, 1.54) is 18.2 Å². The van der Waals surface area contributed by atoms with Crippen LogP contribution in [0.4, 0.5) is 13.9 Å². The van der Waals surface area contributed by atoms with Crippen molar-refractivity contribution < 1.29 is 8.78 Å². The van der Waals surface area contributed by atoms with E-state index < -0.39 is 17.0 Å². The highest BCUT2D eigenvalue weighted by atomic mass is 32.1. The second-order valence-electron chi connectivity index (χ2n) is 6.84. The van der Waals surface area contributed by atoms with Crippen LogP contribution in [-0.4, -0.2) is 48.6 Å². The van der Waals surface area contributed by atoms with E-state index in [0.717, 1.165) is 44.2 Å². The van der Waals surface area contributed by atoms with Gasteiger partial charge in [0.1, 0.15) is 11.6 Å². The van der Waals surface area contributed by atoms with Crippen LogP contribution in [0.15, 0.2) is 34.8 Å². The van der Waals surface area contributed by atoms with Crippen molar-refractivity contribution in [2.45, 2.75) is 18.3 Å². The van der Waals surface area contributed by atoms with Crippen LogP contribution in [0.5, 0.6) is 0 Å². The summed E-state index contributed by atoms with van der Waals surface area (Å²) in [6.45, 7) is 3.50. The van der Waals surface area contributed by atoms with Gasteiger partial charge < -0.3 is 15.5 Å².